The molecule has 2 saturated heterocycles. The number of amides is 9. The van der Waals surface area contributed by atoms with Gasteiger partial charge in [-0.15, -0.1) is 0 Å². The summed E-state index contributed by atoms with van der Waals surface area (Å²) in [7, 11) is 0. The molecule has 2 aliphatic rings. The van der Waals surface area contributed by atoms with Crippen molar-refractivity contribution in [3.05, 3.63) is 90.1 Å². The topological polar surface area (TPSA) is 510 Å². The normalized spacial score (nSPS) is 21.4. The lowest BCUT2D eigenvalue weighted by Crippen LogP contribution is -2.61. The number of rotatable bonds is 25. The number of para-hydroxylation sites is 1. The minimum atomic E-state index is -1.75. The number of H-pyrrole nitrogens is 2. The van der Waals surface area contributed by atoms with Gasteiger partial charge >= 0.3 is 17.9 Å². The predicted octanol–water partition coefficient (Wildman–Crippen LogP) is -3.79. The number of hydrogen-bond donors (Lipinski definition) is 16. The van der Waals surface area contributed by atoms with Gasteiger partial charge in [-0.3, -0.25) is 82.1 Å². The number of aliphatic carboxylic acids is 3. The Bertz CT molecular complexity index is 3330. The van der Waals surface area contributed by atoms with Crippen LogP contribution in [0, 0.1) is 0 Å². The van der Waals surface area contributed by atoms with Gasteiger partial charge in [-0.2, -0.15) is 0 Å². The summed E-state index contributed by atoms with van der Waals surface area (Å²) in [5.41, 5.74) is 19.4. The average Bonchev–Trinajstić information content (AvgIpc) is 1.65. The van der Waals surface area contributed by atoms with E-state index in [-0.39, 0.29) is 142 Å². The van der Waals surface area contributed by atoms with Crippen LogP contribution in [0.3, 0.4) is 0 Å². The molecule has 2 fully saturated rings. The van der Waals surface area contributed by atoms with E-state index < -0.39 is 133 Å². The number of hydrogen-bond acceptors (Lipinski definition) is 18. The number of unbranched alkanes of at least 4 members (excludes halogenated alkanes) is 1. The molecule has 4 aromatic rings. The Balaban J connectivity index is 1.32. The van der Waals surface area contributed by atoms with Crippen molar-refractivity contribution in [2.24, 2.45) is 22.2 Å². The van der Waals surface area contributed by atoms with Crippen molar-refractivity contribution in [3.8, 4) is 0 Å². The maximum absolute atomic E-state index is 15.0. The van der Waals surface area contributed by atoms with Gasteiger partial charge in [0.05, 0.1) is 38.9 Å². The van der Waals surface area contributed by atoms with Crippen LogP contribution in [0.15, 0.2) is 78.3 Å². The van der Waals surface area contributed by atoms with Crippen LogP contribution in [0.1, 0.15) is 81.5 Å². The molecule has 0 bridgehead atoms. The van der Waals surface area contributed by atoms with Crippen LogP contribution in [-0.2, 0) is 76.8 Å². The molecule has 19 N–H and O–H groups in total. The molecule has 2 aliphatic heterocycles. The standard InChI is InChI=1S/C64H93N19O15/c1-2-3-15-46(73-53(85)35-80-21-23-81(36-54(86)87)25-27-83(38-56(90)91)28-26-82(24-22-80)37-55(88)89)58(93)79-51-32-52(84)69-19-10-9-17-45(57(65)92)74-61(96)49(30-41-33-71-44-16-8-7-14-43(41)44)77-59(94)47(18-11-20-70-64(66)67)75-60(95)48(29-40-12-5-4-6-13-40)76-62(97)50(78-63(51)98)31-42-34-68-39-72-42/h4-8,12-14,16,33-34,39,45-51,71H,2-3,9-11,15,17-32,35-38H2,1H3,(H2,65,92)(H,68,72)(H,69,84)(H,73,85)(H,74,96)(H,75,95)(H,76,97)(H,77,94)(H,78,98)(H,79,93)(H,86,87)(H,88,89)(H,90,91)(H4,66,67,70)/t45-,46-,47-,48+,49-,50-,51-/m0/s1. The molecule has 9 amide bonds. The SMILES string of the molecule is CCCC[C@H](NC(=O)CN1CCN(CC(=O)O)CCN(CC(=O)O)CCN(CC(=O)O)CC1)C(=O)N[C@H]1CC(=O)NCCCC[C@@H](C(N)=O)NC(=O)[C@H](Cc2c[nH]c3ccccc23)NC(=O)[C@H](CCCN=C(N)N)NC(=O)[C@@H](Cc2ccccc2)NC(=O)[C@H](Cc2cnc[nH]2)NC1=O. The summed E-state index contributed by atoms with van der Waals surface area (Å²) in [6, 6.07) is 5.60. The number of aromatic amines is 2. The molecule has 4 heterocycles. The first kappa shape index (κ1) is 77.0. The third kappa shape index (κ3) is 26.9. The summed E-state index contributed by atoms with van der Waals surface area (Å²) in [6.07, 6.45) is 4.46. The molecule has 0 saturated carbocycles. The van der Waals surface area contributed by atoms with E-state index in [4.69, 9.17) is 17.2 Å². The quantitative estimate of drug-likeness (QED) is 0.0172. The zero-order chi connectivity index (χ0) is 71.1. The Morgan fingerprint density at radius 1 is 0.633 bits per heavy atom. The third-order valence-electron chi connectivity index (χ3n) is 16.6. The molecule has 2 aromatic carbocycles. The number of carbonyl (C=O) groups is 12. The molecule has 98 heavy (non-hydrogen) atoms. The number of carbonyl (C=O) groups excluding carboxylic acids is 9. The van der Waals surface area contributed by atoms with Crippen molar-refractivity contribution in [2.75, 3.05) is 91.6 Å². The maximum Gasteiger partial charge on any atom is 0.317 e. The van der Waals surface area contributed by atoms with Crippen molar-refractivity contribution in [2.45, 2.75) is 126 Å². The molecule has 0 spiro atoms. The second-order valence-electron chi connectivity index (χ2n) is 24.4. The first-order chi connectivity index (χ1) is 46.9. The zero-order valence-corrected chi connectivity index (χ0v) is 55.0. The Morgan fingerprint density at radius 2 is 1.17 bits per heavy atom. The van der Waals surface area contributed by atoms with Crippen LogP contribution >= 0.6 is 0 Å². The number of carboxylic acids is 3. The van der Waals surface area contributed by atoms with Gasteiger partial charge in [-0.1, -0.05) is 68.3 Å². The highest BCUT2D eigenvalue weighted by atomic mass is 16.4. The molecule has 0 unspecified atom stereocenters. The highest BCUT2D eigenvalue weighted by Gasteiger charge is 2.36. The van der Waals surface area contributed by atoms with Crippen LogP contribution in [0.5, 0.6) is 0 Å². The average molecular weight is 1370 g/mol. The van der Waals surface area contributed by atoms with Crippen LogP contribution in [0.4, 0.5) is 0 Å². The van der Waals surface area contributed by atoms with Gasteiger partial charge in [0, 0.05) is 114 Å². The van der Waals surface area contributed by atoms with Crippen molar-refractivity contribution >= 4 is 87.9 Å². The fraction of sp³-hybridized carbons (Fsp3) is 0.531. The van der Waals surface area contributed by atoms with E-state index in [0.29, 0.717) is 29.7 Å². The number of nitrogens with one attached hydrogen (secondary N) is 10. The molecular formula is C64H93N19O15. The number of carboxylic acid groups (broad SMARTS) is 3. The minimum Gasteiger partial charge on any atom is -0.480 e. The second kappa shape index (κ2) is 39.8. The maximum atomic E-state index is 15.0. The molecule has 2 aromatic heterocycles. The number of aromatic nitrogens is 3. The first-order valence-electron chi connectivity index (χ1n) is 32.8. The number of aliphatic imine (C=N–C) groups is 1. The zero-order valence-electron chi connectivity index (χ0n) is 55.0. The lowest BCUT2D eigenvalue weighted by molar-refractivity contribution is -0.140. The molecular weight excluding hydrogens is 1270 g/mol. The number of imidazole rings is 1. The first-order valence-corrected chi connectivity index (χ1v) is 32.8. The Labute approximate surface area is 566 Å². The Kier molecular flexibility index (Phi) is 31.3. The largest absolute Gasteiger partial charge is 0.480 e. The Hall–Kier alpha value is -10.1. The highest BCUT2D eigenvalue weighted by molar-refractivity contribution is 5.99. The van der Waals surface area contributed by atoms with Crippen LogP contribution < -0.4 is 59.7 Å². The fourth-order valence-electron chi connectivity index (χ4n) is 11.4. The van der Waals surface area contributed by atoms with Crippen molar-refractivity contribution < 1.29 is 72.9 Å². The molecule has 0 aliphatic carbocycles. The van der Waals surface area contributed by atoms with E-state index in [1.807, 2.05) is 25.1 Å². The smallest absolute Gasteiger partial charge is 0.317 e. The third-order valence-corrected chi connectivity index (χ3v) is 16.6. The van der Waals surface area contributed by atoms with Gasteiger partial charge in [0.2, 0.25) is 53.2 Å². The molecule has 6 rings (SSSR count). The summed E-state index contributed by atoms with van der Waals surface area (Å²) in [6.45, 7) is 1.20. The van der Waals surface area contributed by atoms with Gasteiger partial charge in [0.1, 0.15) is 42.3 Å². The Morgan fingerprint density at radius 3 is 1.74 bits per heavy atom. The van der Waals surface area contributed by atoms with Crippen molar-refractivity contribution in [1.29, 1.82) is 0 Å². The van der Waals surface area contributed by atoms with Crippen LogP contribution in [-0.4, -0.2) is 261 Å². The summed E-state index contributed by atoms with van der Waals surface area (Å²) in [5, 5.41) is 51.6. The number of nitrogens with zero attached hydrogens (tertiary/aromatic N) is 6. The summed E-state index contributed by atoms with van der Waals surface area (Å²) >= 11 is 0. The molecule has 534 valence electrons. The van der Waals surface area contributed by atoms with E-state index in [0.717, 1.165) is 10.9 Å². The van der Waals surface area contributed by atoms with E-state index in [1.54, 1.807) is 62.2 Å². The van der Waals surface area contributed by atoms with Gasteiger partial charge < -0.3 is 85.0 Å². The van der Waals surface area contributed by atoms with E-state index in [1.165, 1.54) is 12.5 Å². The number of benzene rings is 2. The lowest BCUT2D eigenvalue weighted by atomic mass is 10.0. The van der Waals surface area contributed by atoms with Gasteiger partial charge in [-0.25, -0.2) is 4.98 Å². The number of primary amides is 1. The molecule has 34 heteroatoms. The number of nitrogens with two attached hydrogens (primary N) is 3. The van der Waals surface area contributed by atoms with Gasteiger partial charge in [0.25, 0.3) is 0 Å². The van der Waals surface area contributed by atoms with Crippen LogP contribution in [0.25, 0.3) is 10.9 Å². The summed E-state index contributed by atoms with van der Waals surface area (Å²) in [4.78, 5) is 186. The van der Waals surface area contributed by atoms with E-state index in [2.05, 4.69) is 62.5 Å². The molecule has 34 nitrogen and oxygen atoms in total. The number of guanidine groups is 1. The predicted molar refractivity (Wildman–Crippen MR) is 357 cm³/mol. The second-order valence-corrected chi connectivity index (χ2v) is 24.4. The monoisotopic (exact) mass is 1370 g/mol. The molecule has 7 atom stereocenters. The van der Waals surface area contributed by atoms with Crippen molar-refractivity contribution in [1.82, 2.24) is 77.1 Å². The van der Waals surface area contributed by atoms with E-state index >= 15 is 0 Å². The summed E-state index contributed by atoms with van der Waals surface area (Å²) < 4.78 is 0. The van der Waals surface area contributed by atoms with Crippen molar-refractivity contribution in [3.63, 3.8) is 0 Å². The summed E-state index contributed by atoms with van der Waals surface area (Å²) in [5.74, 6) is -11.3. The van der Waals surface area contributed by atoms with Gasteiger partial charge in [0.15, 0.2) is 5.96 Å². The minimum absolute atomic E-state index is 0.0206. The van der Waals surface area contributed by atoms with E-state index in [9.17, 15) is 72.9 Å². The van der Waals surface area contributed by atoms with Crippen LogP contribution in [0.2, 0.25) is 0 Å². The van der Waals surface area contributed by atoms with Gasteiger partial charge in [-0.05, 0) is 55.7 Å². The number of fused-ring (bicyclic) bond motifs is 1. The fourth-order valence-corrected chi connectivity index (χ4v) is 11.4. The molecule has 0 radical (unpaired) electrons. The highest BCUT2D eigenvalue weighted by Crippen LogP contribution is 2.20. The lowest BCUT2D eigenvalue weighted by Gasteiger charge is -2.33.